The Hall–Kier alpha value is -2.84. The minimum Gasteiger partial charge on any atom is -0.492 e. The Kier molecular flexibility index (Phi) is 7.81. The standard InChI is InChI=1S/C25H27BrN2O4S/c1-16(2)15-32-24-10-5-19(14-23(24)26)25(29)27-20-6-8-22(9-7-20)33(30,31)28-21-12-17(3)11-18(4)13-21/h5-14,16,28H,15H2,1-4H3,(H,27,29). The van der Waals surface area contributed by atoms with Crippen LogP contribution in [0.2, 0.25) is 0 Å². The Balaban J connectivity index is 1.68. The van der Waals surface area contributed by atoms with E-state index in [0.717, 1.165) is 11.1 Å². The number of benzene rings is 3. The number of rotatable bonds is 8. The molecule has 0 aromatic heterocycles. The highest BCUT2D eigenvalue weighted by Crippen LogP contribution is 2.27. The Labute approximate surface area is 203 Å². The maximum atomic E-state index is 12.7. The fourth-order valence-corrected chi connectivity index (χ4v) is 4.72. The highest BCUT2D eigenvalue weighted by atomic mass is 79.9. The maximum absolute atomic E-state index is 12.7. The monoisotopic (exact) mass is 530 g/mol. The molecule has 0 radical (unpaired) electrons. The van der Waals surface area contributed by atoms with Crippen LogP contribution in [0.25, 0.3) is 0 Å². The van der Waals surface area contributed by atoms with Crippen molar-refractivity contribution in [1.82, 2.24) is 0 Å². The van der Waals surface area contributed by atoms with Crippen LogP contribution in [0.1, 0.15) is 35.3 Å². The molecule has 2 N–H and O–H groups in total. The van der Waals surface area contributed by atoms with Crippen LogP contribution in [-0.4, -0.2) is 20.9 Å². The van der Waals surface area contributed by atoms with Gasteiger partial charge in [0.05, 0.1) is 16.0 Å². The van der Waals surface area contributed by atoms with Crippen LogP contribution in [0.5, 0.6) is 5.75 Å². The van der Waals surface area contributed by atoms with Crippen LogP contribution >= 0.6 is 15.9 Å². The van der Waals surface area contributed by atoms with Crippen LogP contribution in [-0.2, 0) is 10.0 Å². The van der Waals surface area contributed by atoms with E-state index < -0.39 is 10.0 Å². The van der Waals surface area contributed by atoms with Crippen molar-refractivity contribution in [3.05, 3.63) is 81.8 Å². The molecule has 0 atom stereocenters. The second-order valence-corrected chi connectivity index (χ2v) is 10.8. The van der Waals surface area contributed by atoms with Crippen LogP contribution in [0.15, 0.2) is 70.0 Å². The Morgan fingerprint density at radius 2 is 1.58 bits per heavy atom. The summed E-state index contributed by atoms with van der Waals surface area (Å²) in [6.07, 6.45) is 0. The molecule has 0 saturated heterocycles. The lowest BCUT2D eigenvalue weighted by Gasteiger charge is -2.12. The summed E-state index contributed by atoms with van der Waals surface area (Å²) in [5.41, 5.74) is 3.39. The summed E-state index contributed by atoms with van der Waals surface area (Å²) in [5, 5.41) is 2.78. The van der Waals surface area contributed by atoms with Crippen molar-refractivity contribution in [2.24, 2.45) is 5.92 Å². The van der Waals surface area contributed by atoms with Gasteiger partial charge >= 0.3 is 0 Å². The number of ether oxygens (including phenoxy) is 1. The molecule has 0 aliphatic rings. The number of carbonyl (C=O) groups is 1. The smallest absolute Gasteiger partial charge is 0.261 e. The second kappa shape index (κ2) is 10.4. The van der Waals surface area contributed by atoms with Crippen molar-refractivity contribution in [3.63, 3.8) is 0 Å². The number of nitrogens with one attached hydrogen (secondary N) is 2. The number of anilines is 2. The molecule has 33 heavy (non-hydrogen) atoms. The van der Waals surface area contributed by atoms with E-state index >= 15 is 0 Å². The van der Waals surface area contributed by atoms with Gasteiger partial charge in [-0.15, -0.1) is 0 Å². The van der Waals surface area contributed by atoms with Gasteiger partial charge in [-0.05, 0) is 101 Å². The van der Waals surface area contributed by atoms with Gasteiger partial charge in [-0.2, -0.15) is 0 Å². The number of aryl methyl sites for hydroxylation is 2. The maximum Gasteiger partial charge on any atom is 0.261 e. The number of carbonyl (C=O) groups excluding carboxylic acids is 1. The first-order valence-corrected chi connectivity index (χ1v) is 12.8. The van der Waals surface area contributed by atoms with Crippen molar-refractivity contribution < 1.29 is 17.9 Å². The van der Waals surface area contributed by atoms with Crippen molar-refractivity contribution in [2.75, 3.05) is 16.6 Å². The van der Waals surface area contributed by atoms with E-state index in [2.05, 4.69) is 39.8 Å². The highest BCUT2D eigenvalue weighted by molar-refractivity contribution is 9.10. The summed E-state index contributed by atoms with van der Waals surface area (Å²) in [4.78, 5) is 12.7. The van der Waals surface area contributed by atoms with E-state index in [9.17, 15) is 13.2 Å². The minimum absolute atomic E-state index is 0.106. The summed E-state index contributed by atoms with van der Waals surface area (Å²) in [6.45, 7) is 8.52. The van der Waals surface area contributed by atoms with Gasteiger partial charge in [0.15, 0.2) is 0 Å². The number of hydrogen-bond donors (Lipinski definition) is 2. The molecule has 3 aromatic carbocycles. The molecule has 0 unspecified atom stereocenters. The largest absolute Gasteiger partial charge is 0.492 e. The molecule has 0 saturated carbocycles. The lowest BCUT2D eigenvalue weighted by atomic mass is 10.1. The van der Waals surface area contributed by atoms with Crippen molar-refractivity contribution in [2.45, 2.75) is 32.6 Å². The quantitative estimate of drug-likeness (QED) is 0.365. The SMILES string of the molecule is Cc1cc(C)cc(NS(=O)(=O)c2ccc(NC(=O)c3ccc(OCC(C)C)c(Br)c3)cc2)c1. The first-order chi connectivity index (χ1) is 15.5. The summed E-state index contributed by atoms with van der Waals surface area (Å²) < 4.78 is 34.5. The highest BCUT2D eigenvalue weighted by Gasteiger charge is 2.15. The van der Waals surface area contributed by atoms with E-state index in [-0.39, 0.29) is 10.8 Å². The van der Waals surface area contributed by atoms with Gasteiger partial charge in [-0.1, -0.05) is 19.9 Å². The molecule has 0 heterocycles. The second-order valence-electron chi connectivity index (χ2n) is 8.31. The van der Waals surface area contributed by atoms with Crippen LogP contribution in [0.3, 0.4) is 0 Å². The fraction of sp³-hybridized carbons (Fsp3) is 0.240. The molecule has 6 nitrogen and oxygen atoms in total. The van der Waals surface area contributed by atoms with Crippen molar-refractivity contribution >= 4 is 43.2 Å². The van der Waals surface area contributed by atoms with Crippen LogP contribution < -0.4 is 14.8 Å². The predicted molar refractivity (Wildman–Crippen MR) is 136 cm³/mol. The van der Waals surface area contributed by atoms with Crippen molar-refractivity contribution in [3.8, 4) is 5.75 Å². The Morgan fingerprint density at radius 1 is 0.939 bits per heavy atom. The number of amides is 1. The molecule has 174 valence electrons. The zero-order chi connectivity index (χ0) is 24.2. The minimum atomic E-state index is -3.75. The van der Waals surface area contributed by atoms with E-state index in [1.807, 2.05) is 19.9 Å². The van der Waals surface area contributed by atoms with Crippen LogP contribution in [0.4, 0.5) is 11.4 Å². The average Bonchev–Trinajstić information content (AvgIpc) is 2.72. The lowest BCUT2D eigenvalue weighted by Crippen LogP contribution is -2.14. The zero-order valence-corrected chi connectivity index (χ0v) is 21.4. The fourth-order valence-electron chi connectivity index (χ4n) is 3.18. The van der Waals surface area contributed by atoms with E-state index in [1.165, 1.54) is 12.1 Å². The van der Waals surface area contributed by atoms with Gasteiger partial charge in [-0.25, -0.2) is 8.42 Å². The molecule has 0 fully saturated rings. The molecule has 1 amide bonds. The normalized spacial score (nSPS) is 11.3. The summed E-state index contributed by atoms with van der Waals surface area (Å²) in [6, 6.07) is 16.7. The predicted octanol–water partition coefficient (Wildman–Crippen LogP) is 6.15. The van der Waals surface area contributed by atoms with Crippen molar-refractivity contribution in [1.29, 1.82) is 0 Å². The molecular formula is C25H27BrN2O4S. The van der Waals surface area contributed by atoms with E-state index in [0.29, 0.717) is 39.7 Å². The summed E-state index contributed by atoms with van der Waals surface area (Å²) >= 11 is 3.44. The van der Waals surface area contributed by atoms with E-state index in [1.54, 1.807) is 42.5 Å². The zero-order valence-electron chi connectivity index (χ0n) is 19.0. The lowest BCUT2D eigenvalue weighted by molar-refractivity contribution is 0.102. The molecule has 0 aliphatic carbocycles. The number of sulfonamides is 1. The third-order valence-corrected chi connectivity index (χ3v) is 6.68. The first kappa shape index (κ1) is 24.8. The molecule has 0 spiro atoms. The van der Waals surface area contributed by atoms with Gasteiger partial charge in [0.1, 0.15) is 5.75 Å². The summed E-state index contributed by atoms with van der Waals surface area (Å²) in [7, 11) is -3.75. The van der Waals surface area contributed by atoms with Gasteiger partial charge in [0.25, 0.3) is 15.9 Å². The molecular weight excluding hydrogens is 504 g/mol. The topological polar surface area (TPSA) is 84.5 Å². The summed E-state index contributed by atoms with van der Waals surface area (Å²) in [5.74, 6) is 0.754. The van der Waals surface area contributed by atoms with E-state index in [4.69, 9.17) is 4.74 Å². The van der Waals surface area contributed by atoms with Gasteiger partial charge in [0, 0.05) is 16.9 Å². The number of hydrogen-bond acceptors (Lipinski definition) is 4. The Bertz CT molecular complexity index is 1240. The number of halogens is 1. The molecule has 3 rings (SSSR count). The molecule has 8 heteroatoms. The van der Waals surface area contributed by atoms with Gasteiger partial charge in [-0.3, -0.25) is 9.52 Å². The van der Waals surface area contributed by atoms with Gasteiger partial charge < -0.3 is 10.1 Å². The first-order valence-electron chi connectivity index (χ1n) is 10.5. The average molecular weight is 531 g/mol. The molecule has 0 aliphatic heterocycles. The third kappa shape index (κ3) is 6.82. The molecule has 3 aromatic rings. The Morgan fingerprint density at radius 3 is 2.15 bits per heavy atom. The van der Waals surface area contributed by atoms with Gasteiger partial charge in [0.2, 0.25) is 0 Å². The molecule has 0 bridgehead atoms. The van der Waals surface area contributed by atoms with Crippen LogP contribution in [0, 0.1) is 19.8 Å². The third-order valence-electron chi connectivity index (χ3n) is 4.66.